The van der Waals surface area contributed by atoms with E-state index in [4.69, 9.17) is 16.3 Å². The Bertz CT molecular complexity index is 760. The summed E-state index contributed by atoms with van der Waals surface area (Å²) in [6.07, 6.45) is 0. The summed E-state index contributed by atoms with van der Waals surface area (Å²) in [5.74, 6) is 1.11. The van der Waals surface area contributed by atoms with Crippen molar-refractivity contribution in [3.63, 3.8) is 0 Å². The van der Waals surface area contributed by atoms with Gasteiger partial charge in [-0.3, -0.25) is 0 Å². The van der Waals surface area contributed by atoms with Crippen molar-refractivity contribution in [2.24, 2.45) is 0 Å². The van der Waals surface area contributed by atoms with E-state index in [1.807, 2.05) is 12.9 Å². The first-order valence-corrected chi connectivity index (χ1v) is 7.46. The molecule has 0 unspecified atom stereocenters. The number of nitrogens with one attached hydrogen (secondary N) is 2. The lowest BCUT2D eigenvalue weighted by Gasteiger charge is -2.11. The van der Waals surface area contributed by atoms with E-state index in [-0.39, 0.29) is 13.5 Å². The van der Waals surface area contributed by atoms with E-state index in [0.29, 0.717) is 30.5 Å². The van der Waals surface area contributed by atoms with E-state index in [2.05, 4.69) is 32.6 Å². The largest absolute Gasteiger partial charge is 0.427 e. The van der Waals surface area contributed by atoms with E-state index in [9.17, 15) is 0 Å². The number of rotatable bonds is 5. The SMILES string of the molecule is [C-]#[N+]c1ccc(Nc2ccc3c(c2)COB3C)nc1NCCO. The van der Waals surface area contributed by atoms with Crippen molar-refractivity contribution in [3.05, 3.63) is 47.3 Å². The highest BCUT2D eigenvalue weighted by atomic mass is 16.4. The van der Waals surface area contributed by atoms with Gasteiger partial charge in [0.1, 0.15) is 11.6 Å². The number of aromatic nitrogens is 1. The summed E-state index contributed by atoms with van der Waals surface area (Å²) >= 11 is 0. The molecule has 0 radical (unpaired) electrons. The Labute approximate surface area is 135 Å². The minimum Gasteiger partial charge on any atom is -0.427 e. The molecule has 1 aliphatic heterocycles. The minimum atomic E-state index is -0.0141. The van der Waals surface area contributed by atoms with Crippen molar-refractivity contribution < 1.29 is 9.76 Å². The summed E-state index contributed by atoms with van der Waals surface area (Å²) in [5.41, 5.74) is 3.76. The number of hydrogen-bond acceptors (Lipinski definition) is 5. The van der Waals surface area contributed by atoms with Gasteiger partial charge in [-0.1, -0.05) is 12.9 Å². The van der Waals surface area contributed by atoms with Gasteiger partial charge in [-0.15, -0.1) is 0 Å². The van der Waals surface area contributed by atoms with Gasteiger partial charge < -0.3 is 20.4 Å². The maximum Gasteiger partial charge on any atom is 0.324 e. The van der Waals surface area contributed by atoms with Crippen molar-refractivity contribution in [2.45, 2.75) is 13.4 Å². The van der Waals surface area contributed by atoms with E-state index in [0.717, 1.165) is 5.69 Å². The summed E-state index contributed by atoms with van der Waals surface area (Å²) in [7, 11) is 0. The Kier molecular flexibility index (Phi) is 4.46. The second-order valence-electron chi connectivity index (χ2n) is 5.32. The van der Waals surface area contributed by atoms with Crippen molar-refractivity contribution in [3.8, 4) is 0 Å². The highest BCUT2D eigenvalue weighted by molar-refractivity contribution is 6.67. The lowest BCUT2D eigenvalue weighted by molar-refractivity contribution is 0.311. The molecular formula is C16H17BN4O2. The molecule has 1 aliphatic rings. The molecule has 0 amide bonds. The second-order valence-corrected chi connectivity index (χ2v) is 5.32. The minimum absolute atomic E-state index is 0.0141. The van der Waals surface area contributed by atoms with Gasteiger partial charge in [0, 0.05) is 12.2 Å². The molecule has 0 saturated heterocycles. The molecule has 1 aromatic heterocycles. The molecular weight excluding hydrogens is 291 g/mol. The standard InChI is InChI=1S/C16H17BN4O2/c1-17-13-4-3-12(9-11(13)10-23-17)20-15-6-5-14(18-2)16(21-15)19-7-8-22/h3-6,9,22H,7-8,10H2,1H3,(H2,19,20,21). The summed E-state index contributed by atoms with van der Waals surface area (Å²) in [6.45, 7) is 10.3. The molecule has 0 saturated carbocycles. The smallest absolute Gasteiger partial charge is 0.324 e. The zero-order valence-corrected chi connectivity index (χ0v) is 12.8. The predicted molar refractivity (Wildman–Crippen MR) is 91.8 cm³/mol. The van der Waals surface area contributed by atoms with Crippen LogP contribution in [0.4, 0.5) is 23.0 Å². The summed E-state index contributed by atoms with van der Waals surface area (Å²) < 4.78 is 5.61. The number of aliphatic hydroxyl groups is 1. The van der Waals surface area contributed by atoms with Crippen LogP contribution in [0.15, 0.2) is 30.3 Å². The van der Waals surface area contributed by atoms with Crippen LogP contribution in [0.3, 0.4) is 0 Å². The molecule has 6 nitrogen and oxygen atoms in total. The van der Waals surface area contributed by atoms with Crippen LogP contribution in [0.1, 0.15) is 5.56 Å². The average Bonchev–Trinajstić information content (AvgIpc) is 2.94. The molecule has 0 spiro atoms. The molecule has 3 N–H and O–H groups in total. The van der Waals surface area contributed by atoms with Crippen LogP contribution < -0.4 is 16.1 Å². The van der Waals surface area contributed by atoms with E-state index >= 15 is 0 Å². The van der Waals surface area contributed by atoms with Crippen LogP contribution in [0.25, 0.3) is 4.85 Å². The fourth-order valence-corrected chi connectivity index (χ4v) is 2.57. The Morgan fingerprint density at radius 3 is 3.04 bits per heavy atom. The van der Waals surface area contributed by atoms with E-state index < -0.39 is 0 Å². The number of hydrogen-bond donors (Lipinski definition) is 3. The lowest BCUT2D eigenvalue weighted by atomic mass is 9.64. The molecule has 3 rings (SSSR count). The maximum atomic E-state index is 8.91. The van der Waals surface area contributed by atoms with Gasteiger partial charge in [-0.05, 0) is 35.3 Å². The Morgan fingerprint density at radius 2 is 2.26 bits per heavy atom. The first-order valence-electron chi connectivity index (χ1n) is 7.46. The van der Waals surface area contributed by atoms with Crippen LogP contribution in [0.2, 0.25) is 6.82 Å². The summed E-state index contributed by atoms with van der Waals surface area (Å²) in [4.78, 5) is 7.83. The number of aliphatic hydroxyl groups excluding tert-OH is 1. The van der Waals surface area contributed by atoms with Gasteiger partial charge in [0.15, 0.2) is 0 Å². The fraction of sp³-hybridized carbons (Fsp3) is 0.250. The first-order chi connectivity index (χ1) is 11.2. The zero-order chi connectivity index (χ0) is 16.2. The summed E-state index contributed by atoms with van der Waals surface area (Å²) in [6, 6.07) is 9.59. The monoisotopic (exact) mass is 308 g/mol. The van der Waals surface area contributed by atoms with Gasteiger partial charge in [-0.25, -0.2) is 9.83 Å². The number of benzene rings is 1. The number of pyridine rings is 1. The highest BCUT2D eigenvalue weighted by Crippen LogP contribution is 2.26. The second kappa shape index (κ2) is 6.69. The number of nitrogens with zero attached hydrogens (tertiary/aromatic N) is 2. The van der Waals surface area contributed by atoms with Crippen LogP contribution in [-0.4, -0.2) is 30.2 Å². The molecule has 0 aliphatic carbocycles. The maximum absolute atomic E-state index is 8.91. The third kappa shape index (κ3) is 3.28. The summed E-state index contributed by atoms with van der Waals surface area (Å²) in [5, 5.41) is 15.1. The molecule has 7 heteroatoms. The van der Waals surface area contributed by atoms with Gasteiger partial charge in [0.25, 0.3) is 0 Å². The lowest BCUT2D eigenvalue weighted by Crippen LogP contribution is -2.23. The average molecular weight is 308 g/mol. The van der Waals surface area contributed by atoms with Gasteiger partial charge >= 0.3 is 6.92 Å². The van der Waals surface area contributed by atoms with Crippen LogP contribution in [-0.2, 0) is 11.3 Å². The predicted octanol–water partition coefficient (Wildman–Crippen LogP) is 2.14. The third-order valence-electron chi connectivity index (χ3n) is 3.74. The molecule has 0 bridgehead atoms. The normalized spacial score (nSPS) is 12.7. The van der Waals surface area contributed by atoms with Gasteiger partial charge in [0.05, 0.1) is 19.8 Å². The van der Waals surface area contributed by atoms with E-state index in [1.165, 1.54) is 11.0 Å². The quantitative estimate of drug-likeness (QED) is 0.583. The fourth-order valence-electron chi connectivity index (χ4n) is 2.57. The van der Waals surface area contributed by atoms with Crippen molar-refractivity contribution >= 4 is 35.4 Å². The van der Waals surface area contributed by atoms with Gasteiger partial charge in [-0.2, -0.15) is 0 Å². The molecule has 2 heterocycles. The highest BCUT2D eigenvalue weighted by Gasteiger charge is 2.23. The molecule has 23 heavy (non-hydrogen) atoms. The first kappa shape index (κ1) is 15.3. The molecule has 0 fully saturated rings. The van der Waals surface area contributed by atoms with Crippen molar-refractivity contribution in [1.29, 1.82) is 0 Å². The third-order valence-corrected chi connectivity index (χ3v) is 3.74. The molecule has 0 atom stereocenters. The van der Waals surface area contributed by atoms with Gasteiger partial charge in [0.2, 0.25) is 5.69 Å². The van der Waals surface area contributed by atoms with Crippen LogP contribution in [0.5, 0.6) is 0 Å². The molecule has 116 valence electrons. The van der Waals surface area contributed by atoms with E-state index in [1.54, 1.807) is 12.1 Å². The Balaban J connectivity index is 1.81. The number of anilines is 3. The van der Waals surface area contributed by atoms with Crippen molar-refractivity contribution in [1.82, 2.24) is 4.98 Å². The van der Waals surface area contributed by atoms with Crippen molar-refractivity contribution in [2.75, 3.05) is 23.8 Å². The molecule has 2 aromatic rings. The number of fused-ring (bicyclic) bond motifs is 1. The molecule has 1 aromatic carbocycles. The topological polar surface area (TPSA) is 70.8 Å². The Hall–Kier alpha value is -2.56. The Morgan fingerprint density at radius 1 is 1.39 bits per heavy atom. The zero-order valence-electron chi connectivity index (χ0n) is 12.8. The van der Waals surface area contributed by atoms with Crippen LogP contribution >= 0.6 is 0 Å². The van der Waals surface area contributed by atoms with Crippen LogP contribution in [0, 0.1) is 6.57 Å².